The quantitative estimate of drug-likeness (QED) is 0.0874. The van der Waals surface area contributed by atoms with Crippen molar-refractivity contribution in [3.63, 3.8) is 0 Å². The van der Waals surface area contributed by atoms with E-state index in [0.717, 1.165) is 49.9 Å². The molecule has 0 saturated carbocycles. The normalized spacial score (nSPS) is 15.1. The third-order valence-electron chi connectivity index (χ3n) is 7.93. The first-order chi connectivity index (χ1) is 19.6. The zero-order valence-corrected chi connectivity index (χ0v) is 36.8. The molecule has 0 spiro atoms. The van der Waals surface area contributed by atoms with Crippen molar-refractivity contribution in [1.29, 1.82) is 0 Å². The molecule has 0 bridgehead atoms. The Morgan fingerprint density at radius 2 is 0.600 bits per heavy atom. The summed E-state index contributed by atoms with van der Waals surface area (Å²) in [5, 5.41) is 0. The molecule has 273 valence electrons. The van der Waals surface area contributed by atoms with Crippen LogP contribution in [-0.2, 0) is 42.3 Å². The summed E-state index contributed by atoms with van der Waals surface area (Å²) in [6.45, 7) is 41.2. The van der Waals surface area contributed by atoms with Crippen LogP contribution in [0.4, 0.5) is 0 Å². The zero-order valence-electron chi connectivity index (χ0n) is 32.6. The largest absolute Gasteiger partial charge is 2.00 e. The van der Waals surface area contributed by atoms with Gasteiger partial charge in [-0.2, -0.15) is 0 Å². The SMILES string of the molecule is CC(CCN(CCC(C)CC(C)(C)C)C(=S)[S-])CC(C)(C)C.CC(CCN(CCC(C)CC(C)(C)C)C(=S)[S-])CC(C)(C)C.[Cu+2]. The standard InChI is InChI=1S/2C19H39NS2.Cu/c2*1-15(13-18(3,4)5)9-11-20(17(21)22)12-10-16(2)14-19(6,7)8;/h2*15-16H,9-14H2,1-8H3,(H,21,22);/q;;+2/p-2. The Bertz CT molecular complexity index is 672. The summed E-state index contributed by atoms with van der Waals surface area (Å²) in [4.78, 5) is 4.48. The van der Waals surface area contributed by atoms with Crippen LogP contribution in [0.15, 0.2) is 0 Å². The molecule has 0 aliphatic carbocycles. The van der Waals surface area contributed by atoms with Gasteiger partial charge in [-0.25, -0.2) is 0 Å². The van der Waals surface area contributed by atoms with Crippen LogP contribution in [0.1, 0.15) is 162 Å². The monoisotopic (exact) mass is 751 g/mol. The zero-order chi connectivity index (χ0) is 35.1. The Balaban J connectivity index is -0.000000767. The first kappa shape index (κ1) is 50.1. The van der Waals surface area contributed by atoms with Gasteiger partial charge in [0, 0.05) is 26.2 Å². The Morgan fingerprint density at radius 3 is 0.711 bits per heavy atom. The molecule has 4 atom stereocenters. The molecule has 0 heterocycles. The molecule has 4 unspecified atom stereocenters. The number of hydrogen-bond donors (Lipinski definition) is 0. The van der Waals surface area contributed by atoms with Gasteiger partial charge in [0.05, 0.1) is 0 Å². The second-order valence-corrected chi connectivity index (χ2v) is 21.2. The summed E-state index contributed by atoms with van der Waals surface area (Å²) < 4.78 is 1.29. The van der Waals surface area contributed by atoms with E-state index in [1.807, 2.05) is 0 Å². The van der Waals surface area contributed by atoms with Gasteiger partial charge in [-0.15, -0.1) is 0 Å². The van der Waals surface area contributed by atoms with Crippen LogP contribution in [0.5, 0.6) is 0 Å². The van der Waals surface area contributed by atoms with E-state index in [1.165, 1.54) is 51.4 Å². The van der Waals surface area contributed by atoms with E-state index in [1.54, 1.807) is 0 Å². The van der Waals surface area contributed by atoms with Crippen LogP contribution < -0.4 is 0 Å². The van der Waals surface area contributed by atoms with E-state index in [0.29, 0.717) is 30.3 Å². The fourth-order valence-electron chi connectivity index (χ4n) is 6.68. The Labute approximate surface area is 316 Å². The summed E-state index contributed by atoms with van der Waals surface area (Å²) in [5.41, 5.74) is 1.61. The van der Waals surface area contributed by atoms with Crippen LogP contribution >= 0.6 is 24.4 Å². The van der Waals surface area contributed by atoms with Gasteiger partial charge >= 0.3 is 17.1 Å². The van der Waals surface area contributed by atoms with Crippen molar-refractivity contribution >= 4 is 58.3 Å². The molecule has 0 aliphatic heterocycles. The van der Waals surface area contributed by atoms with Gasteiger partial charge in [0.2, 0.25) is 0 Å². The van der Waals surface area contributed by atoms with Crippen LogP contribution in [0.2, 0.25) is 0 Å². The molecule has 0 amide bonds. The average molecular weight is 753 g/mol. The van der Waals surface area contributed by atoms with E-state index in [9.17, 15) is 0 Å². The molecule has 0 N–H and O–H groups in total. The van der Waals surface area contributed by atoms with Gasteiger partial charge in [-0.3, -0.25) is 0 Å². The summed E-state index contributed by atoms with van der Waals surface area (Å²) in [5.74, 6) is 2.88. The molecule has 0 saturated heterocycles. The second-order valence-electron chi connectivity index (χ2n) is 19.1. The maximum absolute atomic E-state index is 5.28. The fourth-order valence-corrected chi connectivity index (χ4v) is 7.41. The predicted molar refractivity (Wildman–Crippen MR) is 214 cm³/mol. The number of thiocarbonyl (C=S) groups is 2. The summed E-state index contributed by atoms with van der Waals surface area (Å²) >= 11 is 21.1. The molecule has 0 aromatic heterocycles. The minimum absolute atomic E-state index is 0. The van der Waals surface area contributed by atoms with E-state index >= 15 is 0 Å². The molecule has 0 aromatic carbocycles. The Morgan fingerprint density at radius 1 is 0.444 bits per heavy atom. The van der Waals surface area contributed by atoms with Crippen LogP contribution in [0, 0.1) is 45.3 Å². The Hall–Kier alpha value is 0.739. The van der Waals surface area contributed by atoms with E-state index < -0.39 is 0 Å². The third-order valence-corrected chi connectivity index (χ3v) is 8.96. The fraction of sp³-hybridized carbons (Fsp3) is 0.947. The van der Waals surface area contributed by atoms with Gasteiger partial charge in [0.25, 0.3) is 0 Å². The number of rotatable bonds is 16. The molecular formula is C38H76CuN2S4. The summed E-state index contributed by atoms with van der Waals surface area (Å²) in [6, 6.07) is 0. The smallest absolute Gasteiger partial charge is 0.411 e. The van der Waals surface area contributed by atoms with Crippen molar-refractivity contribution in [3.05, 3.63) is 0 Å². The second kappa shape index (κ2) is 23.2. The Kier molecular flexibility index (Phi) is 25.8. The third kappa shape index (κ3) is 34.4. The predicted octanol–water partition coefficient (Wildman–Crippen LogP) is 12.1. The molecular weight excluding hydrogens is 676 g/mol. The first-order valence-electron chi connectivity index (χ1n) is 17.5. The maximum atomic E-state index is 5.28. The minimum atomic E-state index is 0. The van der Waals surface area contributed by atoms with Crippen LogP contribution in [0.3, 0.4) is 0 Å². The topological polar surface area (TPSA) is 6.48 Å². The molecule has 2 nitrogen and oxygen atoms in total. The van der Waals surface area contributed by atoms with Crippen molar-refractivity contribution in [2.75, 3.05) is 26.2 Å². The summed E-state index contributed by atoms with van der Waals surface area (Å²) in [7, 11) is 0. The number of nitrogens with zero attached hydrogens (tertiary/aromatic N) is 2. The molecule has 0 aromatic rings. The average Bonchev–Trinajstić information content (AvgIpc) is 2.74. The van der Waals surface area contributed by atoms with Crippen molar-refractivity contribution in [2.24, 2.45) is 45.3 Å². The van der Waals surface area contributed by atoms with E-state index in [-0.39, 0.29) is 17.1 Å². The van der Waals surface area contributed by atoms with E-state index in [4.69, 9.17) is 49.7 Å². The van der Waals surface area contributed by atoms with Gasteiger partial charge in [0.15, 0.2) is 0 Å². The van der Waals surface area contributed by atoms with Crippen molar-refractivity contribution in [1.82, 2.24) is 9.80 Å². The molecule has 1 radical (unpaired) electrons. The van der Waals surface area contributed by atoms with Crippen LogP contribution in [0.25, 0.3) is 0 Å². The van der Waals surface area contributed by atoms with Gasteiger partial charge < -0.3 is 59.5 Å². The first-order valence-corrected chi connectivity index (χ1v) is 19.2. The van der Waals surface area contributed by atoms with Gasteiger partial charge in [0.1, 0.15) is 0 Å². The van der Waals surface area contributed by atoms with Crippen molar-refractivity contribution in [2.45, 2.75) is 162 Å². The molecule has 0 fully saturated rings. The molecule has 0 aliphatic rings. The molecule has 0 rings (SSSR count). The van der Waals surface area contributed by atoms with Crippen LogP contribution in [-0.4, -0.2) is 44.6 Å². The minimum Gasteiger partial charge on any atom is -0.411 e. The summed E-state index contributed by atoms with van der Waals surface area (Å²) in [6.07, 6.45) is 9.75. The maximum Gasteiger partial charge on any atom is 2.00 e. The van der Waals surface area contributed by atoms with Gasteiger partial charge in [-0.05, 0) is 96.7 Å². The van der Waals surface area contributed by atoms with Crippen molar-refractivity contribution < 1.29 is 17.1 Å². The number of hydrogen-bond acceptors (Lipinski definition) is 4. The molecule has 7 heteroatoms. The molecule has 45 heavy (non-hydrogen) atoms. The van der Waals surface area contributed by atoms with Crippen molar-refractivity contribution in [3.8, 4) is 0 Å². The van der Waals surface area contributed by atoms with Gasteiger partial charge in [-0.1, -0.05) is 119 Å². The van der Waals surface area contributed by atoms with E-state index in [2.05, 4.69) is 121 Å².